The predicted octanol–water partition coefficient (Wildman–Crippen LogP) is 3.16. The average Bonchev–Trinajstić information content (AvgIpc) is 2.69. The number of aliphatic hydroxyl groups excluding tert-OH is 2. The van der Waals surface area contributed by atoms with E-state index in [1.807, 2.05) is 52.0 Å². The van der Waals surface area contributed by atoms with E-state index >= 15 is 0 Å². The van der Waals surface area contributed by atoms with Crippen LogP contribution in [0.4, 0.5) is 0 Å². The van der Waals surface area contributed by atoms with E-state index in [4.69, 9.17) is 33.9 Å². The highest BCUT2D eigenvalue weighted by Gasteiger charge is 1.89. The summed E-state index contributed by atoms with van der Waals surface area (Å²) in [6, 6.07) is 0. The molecule has 0 spiro atoms. The number of rotatable bonds is 14. The van der Waals surface area contributed by atoms with Crippen LogP contribution in [0.2, 0.25) is 0 Å². The SMILES string of the molecule is CC=COC=CC.CC=COC=CC.OCCOCCOCCOCCO. The van der Waals surface area contributed by atoms with E-state index in [0.29, 0.717) is 39.6 Å². The van der Waals surface area contributed by atoms with Gasteiger partial charge in [0.15, 0.2) is 0 Å². The maximum atomic E-state index is 8.36. The zero-order valence-corrected chi connectivity index (χ0v) is 17.2. The van der Waals surface area contributed by atoms with Crippen molar-refractivity contribution in [3.63, 3.8) is 0 Å². The second kappa shape index (κ2) is 35.5. The fourth-order valence-corrected chi connectivity index (χ4v) is 1.08. The summed E-state index contributed by atoms with van der Waals surface area (Å²) in [6.07, 6.45) is 13.8. The highest BCUT2D eigenvalue weighted by atomic mass is 16.5. The monoisotopic (exact) mass is 390 g/mol. The molecule has 0 aromatic rings. The molecule has 7 nitrogen and oxygen atoms in total. The van der Waals surface area contributed by atoms with E-state index in [0.717, 1.165) is 0 Å². The van der Waals surface area contributed by atoms with Crippen molar-refractivity contribution in [2.75, 3.05) is 52.9 Å². The van der Waals surface area contributed by atoms with Crippen LogP contribution in [-0.4, -0.2) is 63.1 Å². The van der Waals surface area contributed by atoms with Crippen LogP contribution in [0, 0.1) is 0 Å². The molecule has 0 aromatic heterocycles. The molecule has 27 heavy (non-hydrogen) atoms. The first-order valence-corrected chi connectivity index (χ1v) is 8.95. The first-order chi connectivity index (χ1) is 13.2. The van der Waals surface area contributed by atoms with Crippen LogP contribution in [0.25, 0.3) is 0 Å². The van der Waals surface area contributed by atoms with Gasteiger partial charge in [-0.3, -0.25) is 0 Å². The number of hydrogen-bond donors (Lipinski definition) is 2. The summed E-state index contributed by atoms with van der Waals surface area (Å²) in [5.74, 6) is 0. The van der Waals surface area contributed by atoms with Gasteiger partial charge in [0.05, 0.1) is 77.9 Å². The molecule has 0 saturated heterocycles. The summed E-state index contributed by atoms with van der Waals surface area (Å²) in [5, 5.41) is 16.7. The molecule has 160 valence electrons. The molecule has 0 aliphatic heterocycles. The first kappa shape index (κ1) is 30.1. The van der Waals surface area contributed by atoms with Gasteiger partial charge < -0.3 is 33.9 Å². The van der Waals surface area contributed by atoms with Gasteiger partial charge >= 0.3 is 0 Å². The zero-order valence-electron chi connectivity index (χ0n) is 17.2. The van der Waals surface area contributed by atoms with Crippen LogP contribution in [0.3, 0.4) is 0 Å². The van der Waals surface area contributed by atoms with Crippen molar-refractivity contribution in [2.45, 2.75) is 27.7 Å². The lowest BCUT2D eigenvalue weighted by atomic mass is 10.7. The Balaban J connectivity index is -0.000000350. The molecule has 0 heterocycles. The summed E-state index contributed by atoms with van der Waals surface area (Å²) in [4.78, 5) is 0. The maximum Gasteiger partial charge on any atom is 0.0858 e. The van der Waals surface area contributed by atoms with Gasteiger partial charge in [-0.25, -0.2) is 0 Å². The predicted molar refractivity (Wildman–Crippen MR) is 108 cm³/mol. The molecule has 0 aliphatic rings. The van der Waals surface area contributed by atoms with Gasteiger partial charge in [0.2, 0.25) is 0 Å². The normalized spacial score (nSPS) is 10.9. The number of allylic oxidation sites excluding steroid dienone is 4. The van der Waals surface area contributed by atoms with E-state index < -0.39 is 0 Å². The quantitative estimate of drug-likeness (QED) is 0.348. The van der Waals surface area contributed by atoms with Crippen LogP contribution in [-0.2, 0) is 23.7 Å². The van der Waals surface area contributed by atoms with E-state index in [2.05, 4.69) is 0 Å². The Bertz CT molecular complexity index is 287. The number of aliphatic hydroxyl groups is 2. The second-order valence-corrected chi connectivity index (χ2v) is 4.43. The Morgan fingerprint density at radius 3 is 0.963 bits per heavy atom. The molecular formula is C20H38O7. The Labute approximate surface area is 164 Å². The van der Waals surface area contributed by atoms with E-state index in [9.17, 15) is 0 Å². The highest BCUT2D eigenvalue weighted by Crippen LogP contribution is 1.80. The van der Waals surface area contributed by atoms with Crippen molar-refractivity contribution < 1.29 is 33.9 Å². The van der Waals surface area contributed by atoms with Gasteiger partial charge in [-0.15, -0.1) is 0 Å². The lowest BCUT2D eigenvalue weighted by Gasteiger charge is -2.04. The molecule has 2 N–H and O–H groups in total. The van der Waals surface area contributed by atoms with E-state index in [-0.39, 0.29) is 13.2 Å². The second-order valence-electron chi connectivity index (χ2n) is 4.43. The third-order valence-electron chi connectivity index (χ3n) is 2.07. The van der Waals surface area contributed by atoms with Gasteiger partial charge in [-0.2, -0.15) is 0 Å². The van der Waals surface area contributed by atoms with Gasteiger partial charge in [0.25, 0.3) is 0 Å². The molecule has 0 radical (unpaired) electrons. The third-order valence-corrected chi connectivity index (χ3v) is 2.07. The third kappa shape index (κ3) is 45.5. The number of hydrogen-bond acceptors (Lipinski definition) is 7. The summed E-state index contributed by atoms with van der Waals surface area (Å²) in [7, 11) is 0. The smallest absolute Gasteiger partial charge is 0.0858 e. The Hall–Kier alpha value is -1.64. The maximum absolute atomic E-state index is 8.36. The standard InChI is InChI=1S/C8H18O5.2C6H10O/c9-1-3-11-5-7-13-8-6-12-4-2-10;2*1-3-5-7-6-4-2/h9-10H,1-8H2;2*3-6H,1-2H3. The van der Waals surface area contributed by atoms with E-state index in [1.54, 1.807) is 25.0 Å². The van der Waals surface area contributed by atoms with Crippen LogP contribution in [0.1, 0.15) is 27.7 Å². The van der Waals surface area contributed by atoms with Crippen LogP contribution < -0.4 is 0 Å². The fraction of sp³-hybridized carbons (Fsp3) is 0.600. The molecule has 0 aliphatic carbocycles. The summed E-state index contributed by atoms with van der Waals surface area (Å²) < 4.78 is 24.6. The van der Waals surface area contributed by atoms with Crippen molar-refractivity contribution in [2.24, 2.45) is 0 Å². The van der Waals surface area contributed by atoms with Crippen LogP contribution >= 0.6 is 0 Å². The van der Waals surface area contributed by atoms with Crippen LogP contribution in [0.15, 0.2) is 49.4 Å². The molecule has 0 rings (SSSR count). The summed E-state index contributed by atoms with van der Waals surface area (Å²) in [5.41, 5.74) is 0. The van der Waals surface area contributed by atoms with Gasteiger partial charge in [0, 0.05) is 0 Å². The largest absolute Gasteiger partial charge is 0.473 e. The Morgan fingerprint density at radius 2 is 0.741 bits per heavy atom. The van der Waals surface area contributed by atoms with Crippen LogP contribution in [0.5, 0.6) is 0 Å². The van der Waals surface area contributed by atoms with Gasteiger partial charge in [-0.1, -0.05) is 24.3 Å². The minimum absolute atomic E-state index is 0.0413. The first-order valence-electron chi connectivity index (χ1n) is 8.95. The van der Waals surface area contributed by atoms with Crippen molar-refractivity contribution >= 4 is 0 Å². The summed E-state index contributed by atoms with van der Waals surface area (Å²) in [6.45, 7) is 10.4. The molecule has 0 saturated carbocycles. The fourth-order valence-electron chi connectivity index (χ4n) is 1.08. The molecule has 0 bridgehead atoms. The average molecular weight is 391 g/mol. The van der Waals surface area contributed by atoms with E-state index in [1.165, 1.54) is 0 Å². The lowest BCUT2D eigenvalue weighted by Crippen LogP contribution is -2.11. The molecule has 0 fully saturated rings. The molecule has 0 atom stereocenters. The minimum Gasteiger partial charge on any atom is -0.473 e. The topological polar surface area (TPSA) is 86.6 Å². The number of ether oxygens (including phenoxy) is 5. The van der Waals surface area contributed by atoms with Crippen molar-refractivity contribution in [3.05, 3.63) is 49.4 Å². The summed E-state index contributed by atoms with van der Waals surface area (Å²) >= 11 is 0. The zero-order chi connectivity index (χ0) is 20.8. The molecule has 7 heteroatoms. The molecular weight excluding hydrogens is 352 g/mol. The van der Waals surface area contributed by atoms with Gasteiger partial charge in [-0.05, 0) is 27.7 Å². The molecule has 0 unspecified atom stereocenters. The molecule has 0 amide bonds. The Morgan fingerprint density at radius 1 is 0.481 bits per heavy atom. The molecule has 0 aromatic carbocycles. The lowest BCUT2D eigenvalue weighted by molar-refractivity contribution is 0.00230. The minimum atomic E-state index is 0.0413. The van der Waals surface area contributed by atoms with Gasteiger partial charge in [0.1, 0.15) is 0 Å². The van der Waals surface area contributed by atoms with Crippen molar-refractivity contribution in [3.8, 4) is 0 Å². The highest BCUT2D eigenvalue weighted by molar-refractivity contribution is 4.73. The Kier molecular flexibility index (Phi) is 39.5. The van der Waals surface area contributed by atoms with Crippen molar-refractivity contribution in [1.82, 2.24) is 0 Å². The van der Waals surface area contributed by atoms with Crippen molar-refractivity contribution in [1.29, 1.82) is 0 Å².